The van der Waals surface area contributed by atoms with E-state index in [1.54, 1.807) is 36.4 Å². The molecule has 0 spiro atoms. The molecule has 1 atom stereocenters. The van der Waals surface area contributed by atoms with Gasteiger partial charge in [-0.15, -0.1) is 0 Å². The highest BCUT2D eigenvalue weighted by atomic mass is 32.2. The summed E-state index contributed by atoms with van der Waals surface area (Å²) in [6, 6.07) is 15.0. The summed E-state index contributed by atoms with van der Waals surface area (Å²) in [4.78, 5) is 12.8. The Bertz CT molecular complexity index is 899. The molecule has 0 bridgehead atoms. The van der Waals surface area contributed by atoms with E-state index < -0.39 is 10.0 Å². The fourth-order valence-corrected chi connectivity index (χ4v) is 4.72. The number of para-hydroxylation sites is 1. The van der Waals surface area contributed by atoms with Crippen LogP contribution in [0.3, 0.4) is 0 Å². The molecule has 0 saturated heterocycles. The van der Waals surface area contributed by atoms with E-state index in [2.05, 4.69) is 19.2 Å². The van der Waals surface area contributed by atoms with Crippen LogP contribution in [0.25, 0.3) is 0 Å². The van der Waals surface area contributed by atoms with Crippen LogP contribution in [-0.2, 0) is 14.8 Å². The van der Waals surface area contributed by atoms with E-state index in [1.807, 2.05) is 13.0 Å². The van der Waals surface area contributed by atoms with Gasteiger partial charge in [0.2, 0.25) is 5.91 Å². The first-order valence-electron chi connectivity index (χ1n) is 11.0. The Kier molecular flexibility index (Phi) is 9.85. The average Bonchev–Trinajstić information content (AvgIpc) is 2.78. The number of unbranched alkanes of at least 4 members (excludes halogenated alkanes) is 1. The van der Waals surface area contributed by atoms with E-state index >= 15 is 0 Å². The Morgan fingerprint density at radius 2 is 1.71 bits per heavy atom. The molecule has 2 aromatic carbocycles. The molecule has 170 valence electrons. The predicted molar refractivity (Wildman–Crippen MR) is 125 cm³/mol. The number of benzene rings is 2. The Morgan fingerprint density at radius 3 is 2.29 bits per heavy atom. The lowest BCUT2D eigenvalue weighted by atomic mass is 9.99. The van der Waals surface area contributed by atoms with E-state index in [4.69, 9.17) is 4.74 Å². The molecule has 0 aliphatic rings. The molecule has 0 fully saturated rings. The van der Waals surface area contributed by atoms with Crippen molar-refractivity contribution in [2.75, 3.05) is 24.0 Å². The lowest BCUT2D eigenvalue weighted by Gasteiger charge is -2.25. The van der Waals surface area contributed by atoms with Crippen molar-refractivity contribution in [1.82, 2.24) is 5.32 Å². The Morgan fingerprint density at radius 1 is 1.03 bits per heavy atom. The zero-order chi connectivity index (χ0) is 22.7. The van der Waals surface area contributed by atoms with Crippen molar-refractivity contribution in [3.63, 3.8) is 0 Å². The summed E-state index contributed by atoms with van der Waals surface area (Å²) in [6.45, 7) is 6.91. The van der Waals surface area contributed by atoms with Gasteiger partial charge in [0.1, 0.15) is 12.3 Å². The lowest BCUT2D eigenvalue weighted by Crippen LogP contribution is -2.42. The SMILES string of the molecule is CCCC[C@H](CC)CNC(=O)CN(c1ccccc1)S(=O)(=O)c1ccc(OCC)cc1. The van der Waals surface area contributed by atoms with Gasteiger partial charge in [0.15, 0.2) is 0 Å². The topological polar surface area (TPSA) is 75.7 Å². The molecule has 0 unspecified atom stereocenters. The van der Waals surface area contributed by atoms with Gasteiger partial charge in [-0.2, -0.15) is 0 Å². The van der Waals surface area contributed by atoms with Crippen molar-refractivity contribution < 1.29 is 17.9 Å². The number of ether oxygens (including phenoxy) is 1. The molecule has 7 heteroatoms. The molecular formula is C24H34N2O4S. The zero-order valence-electron chi connectivity index (χ0n) is 18.7. The predicted octanol–water partition coefficient (Wildman–Crippen LogP) is 4.61. The van der Waals surface area contributed by atoms with Crippen LogP contribution < -0.4 is 14.4 Å². The van der Waals surface area contributed by atoms with Gasteiger partial charge in [-0.05, 0) is 55.7 Å². The molecule has 2 rings (SSSR count). The summed E-state index contributed by atoms with van der Waals surface area (Å²) in [7, 11) is -3.92. The first-order chi connectivity index (χ1) is 14.9. The number of hydrogen-bond acceptors (Lipinski definition) is 4. The van der Waals surface area contributed by atoms with Crippen molar-refractivity contribution >= 4 is 21.6 Å². The molecule has 0 saturated carbocycles. The van der Waals surface area contributed by atoms with Gasteiger partial charge < -0.3 is 10.1 Å². The van der Waals surface area contributed by atoms with Gasteiger partial charge in [-0.3, -0.25) is 9.10 Å². The molecule has 0 aliphatic carbocycles. The quantitative estimate of drug-likeness (QED) is 0.487. The van der Waals surface area contributed by atoms with Crippen molar-refractivity contribution in [1.29, 1.82) is 0 Å². The Hall–Kier alpha value is -2.54. The number of nitrogens with one attached hydrogen (secondary N) is 1. The fourth-order valence-electron chi connectivity index (χ4n) is 3.30. The minimum absolute atomic E-state index is 0.113. The summed E-state index contributed by atoms with van der Waals surface area (Å²) in [5.74, 6) is 0.688. The van der Waals surface area contributed by atoms with Gasteiger partial charge in [0.05, 0.1) is 17.2 Å². The summed E-state index contributed by atoms with van der Waals surface area (Å²) in [5, 5.41) is 2.93. The highest BCUT2D eigenvalue weighted by molar-refractivity contribution is 7.92. The second-order valence-corrected chi connectivity index (χ2v) is 9.33. The molecule has 2 aromatic rings. The number of rotatable bonds is 13. The first-order valence-corrected chi connectivity index (χ1v) is 12.4. The van der Waals surface area contributed by atoms with Crippen LogP contribution in [0.1, 0.15) is 46.5 Å². The normalized spacial score (nSPS) is 12.2. The van der Waals surface area contributed by atoms with Gasteiger partial charge in [-0.25, -0.2) is 8.42 Å². The maximum absolute atomic E-state index is 13.4. The van der Waals surface area contributed by atoms with E-state index in [9.17, 15) is 13.2 Å². The number of nitrogens with zero attached hydrogens (tertiary/aromatic N) is 1. The van der Waals surface area contributed by atoms with Crippen molar-refractivity contribution in [2.24, 2.45) is 5.92 Å². The number of carbonyl (C=O) groups excluding carboxylic acids is 1. The molecule has 1 N–H and O–H groups in total. The van der Waals surface area contributed by atoms with Crippen LogP contribution in [0.15, 0.2) is 59.5 Å². The van der Waals surface area contributed by atoms with Crippen LogP contribution in [0.4, 0.5) is 5.69 Å². The molecule has 0 heterocycles. The van der Waals surface area contributed by atoms with Crippen LogP contribution in [-0.4, -0.2) is 34.0 Å². The highest BCUT2D eigenvalue weighted by Gasteiger charge is 2.27. The summed E-state index contributed by atoms with van der Waals surface area (Å²) in [5.41, 5.74) is 0.449. The molecular weight excluding hydrogens is 412 g/mol. The smallest absolute Gasteiger partial charge is 0.264 e. The molecule has 31 heavy (non-hydrogen) atoms. The van der Waals surface area contributed by atoms with Crippen LogP contribution >= 0.6 is 0 Å². The van der Waals surface area contributed by atoms with Crippen LogP contribution in [0.2, 0.25) is 0 Å². The zero-order valence-corrected chi connectivity index (χ0v) is 19.5. The third-order valence-corrected chi connectivity index (χ3v) is 6.97. The summed E-state index contributed by atoms with van der Waals surface area (Å²) >= 11 is 0. The number of amides is 1. The Balaban J connectivity index is 2.20. The van der Waals surface area contributed by atoms with Crippen molar-refractivity contribution in [2.45, 2.75) is 51.3 Å². The standard InChI is InChI=1S/C24H34N2O4S/c1-4-7-11-20(5-2)18-25-24(27)19-26(21-12-9-8-10-13-21)31(28,29)23-16-14-22(15-17-23)30-6-3/h8-10,12-17,20H,4-7,11,18-19H2,1-3H3,(H,25,27)/t20-/m0/s1. The summed E-state index contributed by atoms with van der Waals surface area (Å²) < 4.78 is 33.3. The van der Waals surface area contributed by atoms with Crippen molar-refractivity contribution in [3.05, 3.63) is 54.6 Å². The van der Waals surface area contributed by atoms with Gasteiger partial charge >= 0.3 is 0 Å². The van der Waals surface area contributed by atoms with Crippen molar-refractivity contribution in [3.8, 4) is 5.75 Å². The first kappa shape index (κ1) is 24.7. The second-order valence-electron chi connectivity index (χ2n) is 7.47. The number of carbonyl (C=O) groups is 1. The van der Waals surface area contributed by atoms with Gasteiger partial charge in [-0.1, -0.05) is 51.3 Å². The minimum atomic E-state index is -3.92. The fraction of sp³-hybridized carbons (Fsp3) is 0.458. The molecule has 0 aliphatic heterocycles. The largest absolute Gasteiger partial charge is 0.494 e. The Labute approximate surface area is 186 Å². The molecule has 0 radical (unpaired) electrons. The van der Waals surface area contributed by atoms with Gasteiger partial charge in [0.25, 0.3) is 10.0 Å². The number of sulfonamides is 1. The van der Waals surface area contributed by atoms with E-state index in [-0.39, 0.29) is 17.3 Å². The number of hydrogen-bond donors (Lipinski definition) is 1. The lowest BCUT2D eigenvalue weighted by molar-refractivity contribution is -0.119. The van der Waals surface area contributed by atoms with Crippen LogP contribution in [0.5, 0.6) is 5.75 Å². The maximum atomic E-state index is 13.4. The third kappa shape index (κ3) is 7.28. The highest BCUT2D eigenvalue weighted by Crippen LogP contribution is 2.25. The molecule has 0 aromatic heterocycles. The van der Waals surface area contributed by atoms with Crippen LogP contribution in [0, 0.1) is 5.92 Å². The van der Waals surface area contributed by atoms with E-state index in [0.29, 0.717) is 30.5 Å². The third-order valence-electron chi connectivity index (χ3n) is 5.19. The number of anilines is 1. The maximum Gasteiger partial charge on any atom is 0.264 e. The van der Waals surface area contributed by atoms with E-state index in [1.165, 1.54) is 12.1 Å². The average molecular weight is 447 g/mol. The molecule has 6 nitrogen and oxygen atoms in total. The second kappa shape index (κ2) is 12.3. The van der Waals surface area contributed by atoms with Gasteiger partial charge in [0, 0.05) is 6.54 Å². The van der Waals surface area contributed by atoms with E-state index in [0.717, 1.165) is 30.0 Å². The summed E-state index contributed by atoms with van der Waals surface area (Å²) in [6.07, 6.45) is 4.27. The monoisotopic (exact) mass is 446 g/mol. The molecule has 1 amide bonds. The minimum Gasteiger partial charge on any atom is -0.494 e.